The smallest absolute Gasteiger partial charge is 0.142 e. The number of benzene rings is 1. The number of hydrogen-bond donors (Lipinski definition) is 1. The lowest BCUT2D eigenvalue weighted by Crippen LogP contribution is -2.36. The molecule has 6 heteroatoms. The van der Waals surface area contributed by atoms with E-state index in [1.807, 2.05) is 0 Å². The van der Waals surface area contributed by atoms with Crippen molar-refractivity contribution in [2.75, 3.05) is 11.9 Å². The summed E-state index contributed by atoms with van der Waals surface area (Å²) >= 11 is 0. The average molecular weight is 249 g/mol. The molecule has 0 fully saturated rings. The van der Waals surface area contributed by atoms with E-state index in [0.717, 1.165) is 6.20 Å². The Balaban J connectivity index is 2.93. The number of para-hydroxylation sites is 2. The molecule has 1 N–H and O–H groups in total. The molecule has 96 valence electrons. The summed E-state index contributed by atoms with van der Waals surface area (Å²) < 4.78 is 5.27. The minimum Gasteiger partial charge on any atom is -0.545 e. The molecule has 0 saturated heterocycles. The number of carboxylic acid groups (broad SMARTS) is 2. The Morgan fingerprint density at radius 2 is 1.89 bits per heavy atom. The van der Waals surface area contributed by atoms with Gasteiger partial charge in [-0.05, 0) is 19.1 Å². The van der Waals surface area contributed by atoms with Gasteiger partial charge in [0.25, 0.3) is 0 Å². The predicted octanol–water partition coefficient (Wildman–Crippen LogP) is -1.12. The van der Waals surface area contributed by atoms with E-state index in [0.29, 0.717) is 18.0 Å². The highest BCUT2D eigenvalue weighted by atomic mass is 16.5. The topological polar surface area (TPSA) is 102 Å². The molecule has 0 aliphatic heterocycles. The molecule has 0 aromatic heterocycles. The Morgan fingerprint density at radius 1 is 1.28 bits per heavy atom. The third-order valence-electron chi connectivity index (χ3n) is 2.00. The molecule has 0 saturated carbocycles. The van der Waals surface area contributed by atoms with Crippen molar-refractivity contribution in [3.63, 3.8) is 0 Å². The maximum atomic E-state index is 10.5. The lowest BCUT2D eigenvalue weighted by Gasteiger charge is -2.12. The first kappa shape index (κ1) is 13.6. The Labute approximate surface area is 104 Å². The highest BCUT2D eigenvalue weighted by Gasteiger charge is 2.02. The van der Waals surface area contributed by atoms with Gasteiger partial charge in [-0.15, -0.1) is 0 Å². The van der Waals surface area contributed by atoms with E-state index in [9.17, 15) is 19.8 Å². The number of aliphatic carboxylic acids is 2. The molecule has 0 unspecified atom stereocenters. The highest BCUT2D eigenvalue weighted by Crippen LogP contribution is 2.23. The first-order chi connectivity index (χ1) is 8.56. The fraction of sp³-hybridized carbons (Fsp3) is 0.167. The number of rotatable bonds is 6. The minimum atomic E-state index is -1.82. The molecular formula is C12H11NO5-2. The van der Waals surface area contributed by atoms with Crippen molar-refractivity contribution < 1.29 is 24.5 Å². The van der Waals surface area contributed by atoms with Crippen molar-refractivity contribution in [2.24, 2.45) is 0 Å². The molecule has 0 heterocycles. The Kier molecular flexibility index (Phi) is 4.74. The number of carbonyl (C=O) groups excluding carboxylic acids is 2. The zero-order chi connectivity index (χ0) is 13.5. The van der Waals surface area contributed by atoms with Gasteiger partial charge in [0.15, 0.2) is 0 Å². The van der Waals surface area contributed by atoms with E-state index in [1.54, 1.807) is 31.2 Å². The molecular weight excluding hydrogens is 238 g/mol. The van der Waals surface area contributed by atoms with E-state index >= 15 is 0 Å². The second-order valence-corrected chi connectivity index (χ2v) is 3.21. The Bertz CT molecular complexity index is 465. The largest absolute Gasteiger partial charge is 0.545 e. The second kappa shape index (κ2) is 6.29. The van der Waals surface area contributed by atoms with Gasteiger partial charge in [0.2, 0.25) is 0 Å². The number of carboxylic acids is 2. The van der Waals surface area contributed by atoms with Gasteiger partial charge in [0.05, 0.1) is 24.2 Å². The molecule has 6 nitrogen and oxygen atoms in total. The minimum absolute atomic E-state index is 0.427. The number of nitrogens with one attached hydrogen (secondary N) is 1. The maximum Gasteiger partial charge on any atom is 0.142 e. The first-order valence-electron chi connectivity index (χ1n) is 5.17. The average Bonchev–Trinajstić information content (AvgIpc) is 2.31. The number of anilines is 1. The molecule has 0 spiro atoms. The zero-order valence-corrected chi connectivity index (χ0v) is 9.64. The number of hydrogen-bond acceptors (Lipinski definition) is 6. The van der Waals surface area contributed by atoms with E-state index in [2.05, 4.69) is 5.32 Å². The molecule has 18 heavy (non-hydrogen) atoms. The van der Waals surface area contributed by atoms with Crippen LogP contribution in [0.3, 0.4) is 0 Å². The molecule has 1 rings (SSSR count). The van der Waals surface area contributed by atoms with E-state index in [1.165, 1.54) is 0 Å². The predicted molar refractivity (Wildman–Crippen MR) is 59.3 cm³/mol. The van der Waals surface area contributed by atoms with Crippen LogP contribution < -0.4 is 20.3 Å². The van der Waals surface area contributed by atoms with Crippen LogP contribution in [0.4, 0.5) is 5.69 Å². The van der Waals surface area contributed by atoms with Gasteiger partial charge in [-0.3, -0.25) is 0 Å². The molecule has 1 aromatic carbocycles. The van der Waals surface area contributed by atoms with Crippen molar-refractivity contribution in [1.29, 1.82) is 0 Å². The SMILES string of the molecule is CCOc1ccccc1NC=C(C(=O)[O-])C(=O)[O-]. The Hall–Kier alpha value is -2.50. The van der Waals surface area contributed by atoms with Crippen molar-refractivity contribution in [3.8, 4) is 5.75 Å². The van der Waals surface area contributed by atoms with Crippen LogP contribution >= 0.6 is 0 Å². The molecule has 1 aromatic rings. The molecule has 0 radical (unpaired) electrons. The van der Waals surface area contributed by atoms with Crippen molar-refractivity contribution in [2.45, 2.75) is 6.92 Å². The van der Waals surface area contributed by atoms with Gasteiger partial charge < -0.3 is 29.9 Å². The monoisotopic (exact) mass is 249 g/mol. The Morgan fingerprint density at radius 3 is 2.44 bits per heavy atom. The fourth-order valence-corrected chi connectivity index (χ4v) is 1.22. The van der Waals surface area contributed by atoms with Crippen molar-refractivity contribution in [1.82, 2.24) is 0 Å². The van der Waals surface area contributed by atoms with E-state index in [-0.39, 0.29) is 0 Å². The van der Waals surface area contributed by atoms with Crippen LogP contribution in [0, 0.1) is 0 Å². The molecule has 0 bridgehead atoms. The summed E-state index contributed by atoms with van der Waals surface area (Å²) in [6.45, 7) is 2.22. The normalized spacial score (nSPS) is 9.39. The van der Waals surface area contributed by atoms with Gasteiger partial charge in [-0.2, -0.15) is 0 Å². The molecule has 0 aliphatic rings. The standard InChI is InChI=1S/C12H13NO5/c1-2-18-10-6-4-3-5-9(10)13-7-8(11(14)15)12(16)17/h3-7,13H,2H2,1H3,(H,14,15)(H,16,17)/p-2. The van der Waals surface area contributed by atoms with Crippen molar-refractivity contribution in [3.05, 3.63) is 36.0 Å². The summed E-state index contributed by atoms with van der Waals surface area (Å²) in [5, 5.41) is 23.5. The summed E-state index contributed by atoms with van der Waals surface area (Å²) in [6, 6.07) is 6.70. The van der Waals surface area contributed by atoms with Gasteiger partial charge >= 0.3 is 0 Å². The summed E-state index contributed by atoms with van der Waals surface area (Å²) in [4.78, 5) is 21.0. The van der Waals surface area contributed by atoms with E-state index < -0.39 is 17.5 Å². The van der Waals surface area contributed by atoms with Gasteiger partial charge in [-0.25, -0.2) is 0 Å². The fourth-order valence-electron chi connectivity index (χ4n) is 1.22. The highest BCUT2D eigenvalue weighted by molar-refractivity contribution is 6.10. The van der Waals surface area contributed by atoms with Crippen LogP contribution in [0.1, 0.15) is 6.92 Å². The van der Waals surface area contributed by atoms with Gasteiger partial charge in [0.1, 0.15) is 5.75 Å². The summed E-state index contributed by atoms with van der Waals surface area (Å²) in [7, 11) is 0. The van der Waals surface area contributed by atoms with Crippen LogP contribution in [0.2, 0.25) is 0 Å². The maximum absolute atomic E-state index is 10.5. The van der Waals surface area contributed by atoms with Crippen LogP contribution in [0.5, 0.6) is 5.75 Å². The first-order valence-corrected chi connectivity index (χ1v) is 5.17. The van der Waals surface area contributed by atoms with Crippen LogP contribution in [-0.4, -0.2) is 18.5 Å². The molecule has 0 amide bonds. The zero-order valence-electron chi connectivity index (χ0n) is 9.64. The quantitative estimate of drug-likeness (QED) is 0.389. The summed E-state index contributed by atoms with van der Waals surface area (Å²) in [5.74, 6) is -3.17. The lowest BCUT2D eigenvalue weighted by molar-refractivity contribution is -0.312. The van der Waals surface area contributed by atoms with Crippen LogP contribution in [-0.2, 0) is 9.59 Å². The molecule has 0 atom stereocenters. The van der Waals surface area contributed by atoms with Crippen molar-refractivity contribution >= 4 is 17.6 Å². The van der Waals surface area contributed by atoms with E-state index in [4.69, 9.17) is 4.74 Å². The third-order valence-corrected chi connectivity index (χ3v) is 2.00. The summed E-state index contributed by atoms with van der Waals surface area (Å²) in [5.41, 5.74) is -0.527. The van der Waals surface area contributed by atoms with Crippen LogP contribution in [0.15, 0.2) is 36.0 Å². The number of ether oxygens (including phenoxy) is 1. The van der Waals surface area contributed by atoms with Crippen LogP contribution in [0.25, 0.3) is 0 Å². The second-order valence-electron chi connectivity index (χ2n) is 3.21. The molecule has 0 aliphatic carbocycles. The lowest BCUT2D eigenvalue weighted by atomic mass is 10.2. The van der Waals surface area contributed by atoms with Gasteiger partial charge in [0, 0.05) is 11.8 Å². The third kappa shape index (κ3) is 3.51. The van der Waals surface area contributed by atoms with Gasteiger partial charge in [-0.1, -0.05) is 12.1 Å². The summed E-state index contributed by atoms with van der Waals surface area (Å²) in [6.07, 6.45) is 0.794. The number of carbonyl (C=O) groups is 2.